The molecule has 1 aromatic carbocycles. The van der Waals surface area contributed by atoms with E-state index in [1.165, 1.54) is 19.2 Å². The van der Waals surface area contributed by atoms with E-state index in [0.717, 1.165) is 53.7 Å². The Morgan fingerprint density at radius 2 is 1.97 bits per heavy atom. The third-order valence-electron chi connectivity index (χ3n) is 6.42. The van der Waals surface area contributed by atoms with Gasteiger partial charge in [-0.2, -0.15) is 0 Å². The highest BCUT2D eigenvalue weighted by Crippen LogP contribution is 2.33. The number of nitrogen functional groups attached to an aromatic ring is 1. The molecule has 2 aromatic heterocycles. The quantitative estimate of drug-likeness (QED) is 0.522. The number of Topliss-reactive ketones (excluding diaryl/α,β-unsaturated/α-hetero) is 1. The Morgan fingerprint density at radius 1 is 1.16 bits per heavy atom. The summed E-state index contributed by atoms with van der Waals surface area (Å²) >= 11 is 0. The van der Waals surface area contributed by atoms with Crippen molar-refractivity contribution in [3.63, 3.8) is 0 Å². The van der Waals surface area contributed by atoms with E-state index in [9.17, 15) is 4.79 Å². The fourth-order valence-electron chi connectivity index (χ4n) is 4.37. The van der Waals surface area contributed by atoms with Crippen molar-refractivity contribution in [2.24, 2.45) is 5.92 Å². The van der Waals surface area contributed by atoms with Gasteiger partial charge in [0.25, 0.3) is 0 Å². The Morgan fingerprint density at radius 3 is 2.74 bits per heavy atom. The van der Waals surface area contributed by atoms with E-state index in [1.807, 2.05) is 24.3 Å². The van der Waals surface area contributed by atoms with Crippen molar-refractivity contribution in [2.45, 2.75) is 38.1 Å². The molecule has 3 heterocycles. The molecule has 0 bridgehead atoms. The minimum atomic E-state index is 0.211. The van der Waals surface area contributed by atoms with Gasteiger partial charge in [0.2, 0.25) is 0 Å². The molecule has 0 amide bonds. The lowest BCUT2D eigenvalue weighted by molar-refractivity contribution is 0.0976. The average Bonchev–Trinajstić information content (AvgIpc) is 3.51. The van der Waals surface area contributed by atoms with Crippen LogP contribution in [0.4, 0.5) is 5.82 Å². The first kappa shape index (κ1) is 19.8. The largest absolute Gasteiger partial charge is 0.383 e. The zero-order chi connectivity index (χ0) is 21.4. The normalized spacial score (nSPS) is 17.5. The van der Waals surface area contributed by atoms with E-state index in [4.69, 9.17) is 5.73 Å². The van der Waals surface area contributed by atoms with Gasteiger partial charge in [-0.05, 0) is 63.9 Å². The molecule has 1 aliphatic carbocycles. The summed E-state index contributed by atoms with van der Waals surface area (Å²) in [5.41, 5.74) is 9.48. The van der Waals surface area contributed by atoms with Crippen molar-refractivity contribution in [1.82, 2.24) is 19.4 Å². The smallest absolute Gasteiger partial charge is 0.163 e. The zero-order valence-electron chi connectivity index (χ0n) is 17.8. The van der Waals surface area contributed by atoms with Gasteiger partial charge in [0.1, 0.15) is 17.8 Å². The summed E-state index contributed by atoms with van der Waals surface area (Å²) in [6.45, 7) is 2.13. The van der Waals surface area contributed by atoms with Crippen LogP contribution in [0.1, 0.15) is 59.6 Å². The average molecular weight is 414 g/mol. The number of nitrogens with zero attached hydrogens (tertiary/aromatic N) is 4. The predicted molar refractivity (Wildman–Crippen MR) is 122 cm³/mol. The summed E-state index contributed by atoms with van der Waals surface area (Å²) in [4.78, 5) is 23.5. The fourth-order valence-corrected chi connectivity index (χ4v) is 4.37. The van der Waals surface area contributed by atoms with Crippen LogP contribution in [0.2, 0.25) is 0 Å². The van der Waals surface area contributed by atoms with Crippen LogP contribution >= 0.6 is 0 Å². The van der Waals surface area contributed by atoms with Gasteiger partial charge in [-0.1, -0.05) is 24.0 Å². The summed E-state index contributed by atoms with van der Waals surface area (Å²) in [6.07, 6.45) is 8.74. The maximum absolute atomic E-state index is 12.5. The molecule has 158 valence electrons. The van der Waals surface area contributed by atoms with Crippen LogP contribution in [-0.4, -0.2) is 45.4 Å². The molecular weight excluding hydrogens is 386 g/mol. The Kier molecular flexibility index (Phi) is 5.21. The molecule has 0 spiro atoms. The van der Waals surface area contributed by atoms with Crippen molar-refractivity contribution >= 4 is 22.6 Å². The number of hydrogen-bond acceptors (Lipinski definition) is 5. The summed E-state index contributed by atoms with van der Waals surface area (Å²) in [7, 11) is 2.16. The van der Waals surface area contributed by atoms with Crippen LogP contribution < -0.4 is 5.73 Å². The van der Waals surface area contributed by atoms with Gasteiger partial charge in [0.15, 0.2) is 5.78 Å². The monoisotopic (exact) mass is 413 g/mol. The Balaban J connectivity index is 1.48. The van der Waals surface area contributed by atoms with Gasteiger partial charge < -0.3 is 15.2 Å². The van der Waals surface area contributed by atoms with Crippen molar-refractivity contribution in [1.29, 1.82) is 0 Å². The van der Waals surface area contributed by atoms with Crippen molar-refractivity contribution in [2.75, 3.05) is 25.9 Å². The zero-order valence-corrected chi connectivity index (χ0v) is 17.8. The number of carbonyl (C=O) groups is 1. The number of anilines is 1. The number of likely N-dealkylation sites (tertiary alicyclic amines) is 1. The van der Waals surface area contributed by atoms with Crippen molar-refractivity contribution < 1.29 is 4.79 Å². The summed E-state index contributed by atoms with van der Waals surface area (Å²) in [5.74, 6) is 7.76. The van der Waals surface area contributed by atoms with Crippen molar-refractivity contribution in [3.8, 4) is 11.8 Å². The highest BCUT2D eigenvalue weighted by atomic mass is 16.1. The molecule has 1 saturated heterocycles. The molecule has 2 N–H and O–H groups in total. The van der Waals surface area contributed by atoms with Crippen LogP contribution in [0.3, 0.4) is 0 Å². The minimum absolute atomic E-state index is 0.211. The van der Waals surface area contributed by atoms with E-state index in [0.29, 0.717) is 24.2 Å². The Labute approximate surface area is 182 Å². The van der Waals surface area contributed by atoms with E-state index in [-0.39, 0.29) is 5.78 Å². The molecule has 31 heavy (non-hydrogen) atoms. The highest BCUT2D eigenvalue weighted by Gasteiger charge is 2.25. The van der Waals surface area contributed by atoms with Gasteiger partial charge in [-0.15, -0.1) is 0 Å². The van der Waals surface area contributed by atoms with Crippen LogP contribution in [0, 0.1) is 17.8 Å². The van der Waals surface area contributed by atoms with Gasteiger partial charge in [0.05, 0.1) is 10.9 Å². The molecule has 2 aliphatic rings. The molecule has 5 rings (SSSR count). The molecule has 6 heteroatoms. The maximum atomic E-state index is 12.5. The first-order chi connectivity index (χ1) is 15.1. The molecule has 0 atom stereocenters. The lowest BCUT2D eigenvalue weighted by atomic mass is 10.0. The van der Waals surface area contributed by atoms with Gasteiger partial charge >= 0.3 is 0 Å². The number of ketones is 1. The molecule has 3 aromatic rings. The Hall–Kier alpha value is -3.17. The standard InChI is InChI=1S/C25H27N5O/c1-29-11-9-21(10-12-29)30-15-20(23-24(26)27-16-28-25(23)30)8-7-17-3-2-4-19(13-17)22(31)14-18-5-6-18/h2-4,13,15-16,18,21H,5-6,9-12,14H2,1H3,(H2,26,27,28). The number of benzene rings is 1. The second-order valence-electron chi connectivity index (χ2n) is 8.84. The van der Waals surface area contributed by atoms with Crippen LogP contribution in [-0.2, 0) is 0 Å². The molecule has 0 unspecified atom stereocenters. The summed E-state index contributed by atoms with van der Waals surface area (Å²) in [5, 5.41) is 0.815. The van der Waals surface area contributed by atoms with E-state index < -0.39 is 0 Å². The third-order valence-corrected chi connectivity index (χ3v) is 6.42. The molecule has 0 radical (unpaired) electrons. The van der Waals surface area contributed by atoms with Gasteiger partial charge in [-0.25, -0.2) is 9.97 Å². The molecule has 2 fully saturated rings. The fraction of sp³-hybridized carbons (Fsp3) is 0.400. The maximum Gasteiger partial charge on any atom is 0.163 e. The van der Waals surface area contributed by atoms with E-state index in [2.05, 4.69) is 44.5 Å². The van der Waals surface area contributed by atoms with E-state index in [1.54, 1.807) is 0 Å². The molecule has 6 nitrogen and oxygen atoms in total. The Bertz CT molecular complexity index is 1190. The van der Waals surface area contributed by atoms with Crippen LogP contribution in [0.15, 0.2) is 36.8 Å². The predicted octanol–water partition coefficient (Wildman–Crippen LogP) is 3.66. The number of carbonyl (C=O) groups excluding carboxylic acids is 1. The molecule has 1 aliphatic heterocycles. The number of rotatable bonds is 4. The van der Waals surface area contributed by atoms with Gasteiger partial charge in [0, 0.05) is 29.8 Å². The highest BCUT2D eigenvalue weighted by molar-refractivity contribution is 5.97. The summed E-state index contributed by atoms with van der Waals surface area (Å²) < 4.78 is 2.22. The lowest BCUT2D eigenvalue weighted by Crippen LogP contribution is -2.31. The van der Waals surface area contributed by atoms with Crippen LogP contribution in [0.25, 0.3) is 11.0 Å². The third kappa shape index (κ3) is 4.19. The minimum Gasteiger partial charge on any atom is -0.383 e. The number of fused-ring (bicyclic) bond motifs is 1. The first-order valence-electron chi connectivity index (χ1n) is 11.0. The topological polar surface area (TPSA) is 77.0 Å². The first-order valence-corrected chi connectivity index (χ1v) is 11.0. The lowest BCUT2D eigenvalue weighted by Gasteiger charge is -2.30. The molecular formula is C25H27N5O. The van der Waals surface area contributed by atoms with Crippen LogP contribution in [0.5, 0.6) is 0 Å². The number of aromatic nitrogens is 3. The van der Waals surface area contributed by atoms with Crippen molar-refractivity contribution in [3.05, 3.63) is 53.5 Å². The molecule has 1 saturated carbocycles. The number of piperidine rings is 1. The SMILES string of the molecule is CN1CCC(n2cc(C#Cc3cccc(C(=O)CC4CC4)c3)c3c(N)ncnc32)CC1. The van der Waals surface area contributed by atoms with E-state index >= 15 is 0 Å². The second-order valence-corrected chi connectivity index (χ2v) is 8.84. The summed E-state index contributed by atoms with van der Waals surface area (Å²) in [6, 6.07) is 8.01. The van der Waals surface area contributed by atoms with Gasteiger partial charge in [-0.3, -0.25) is 4.79 Å². The number of hydrogen-bond donors (Lipinski definition) is 1. The number of nitrogens with two attached hydrogens (primary N) is 1. The second kappa shape index (κ2) is 8.16.